The van der Waals surface area contributed by atoms with Gasteiger partial charge in [-0.05, 0) is 28.8 Å². The molecule has 0 amide bonds. The molecule has 0 aromatic heterocycles. The van der Waals surface area contributed by atoms with E-state index in [4.69, 9.17) is 10.2 Å². The zero-order valence-corrected chi connectivity index (χ0v) is 10.4. The maximum atomic E-state index is 13.1. The van der Waals surface area contributed by atoms with Gasteiger partial charge in [0.1, 0.15) is 0 Å². The van der Waals surface area contributed by atoms with E-state index in [1.54, 1.807) is 6.07 Å². The maximum Gasteiger partial charge on any atom is 0.165 e. The highest BCUT2D eigenvalue weighted by Gasteiger charge is 2.01. The van der Waals surface area contributed by atoms with Gasteiger partial charge < -0.3 is 15.5 Å². The fourth-order valence-corrected chi connectivity index (χ4v) is 1.77. The summed E-state index contributed by atoms with van der Waals surface area (Å²) < 4.78 is 13.1. The third-order valence-electron chi connectivity index (χ3n) is 2.88. The van der Waals surface area contributed by atoms with Crippen LogP contribution in [-0.4, -0.2) is 10.2 Å². The van der Waals surface area contributed by atoms with Crippen LogP contribution in [0.5, 0.6) is 5.75 Å². The topological polar surface area (TPSA) is 52.5 Å². The van der Waals surface area contributed by atoms with Gasteiger partial charge in [-0.3, -0.25) is 0 Å². The van der Waals surface area contributed by atoms with Gasteiger partial charge in [0.15, 0.2) is 11.6 Å². The van der Waals surface area contributed by atoms with E-state index >= 15 is 0 Å². The molecule has 2 aromatic rings. The van der Waals surface area contributed by atoms with Crippen LogP contribution in [0.2, 0.25) is 0 Å². The molecule has 0 aliphatic heterocycles. The molecule has 3 N–H and O–H groups in total. The molecule has 100 valence electrons. The van der Waals surface area contributed by atoms with Gasteiger partial charge in [0.05, 0.1) is 6.61 Å². The largest absolute Gasteiger partial charge is 0.505 e. The van der Waals surface area contributed by atoms with Crippen LogP contribution >= 0.6 is 0 Å². The first-order valence-electron chi connectivity index (χ1n) is 6.06. The monoisotopic (exact) mass is 261 g/mol. The van der Waals surface area contributed by atoms with Crippen LogP contribution < -0.4 is 5.32 Å². The van der Waals surface area contributed by atoms with Crippen LogP contribution in [0.25, 0.3) is 0 Å². The normalized spacial score (nSPS) is 10.6. The first-order valence-corrected chi connectivity index (χ1v) is 6.06. The van der Waals surface area contributed by atoms with Crippen LogP contribution in [0.3, 0.4) is 0 Å². The van der Waals surface area contributed by atoms with Gasteiger partial charge in [-0.15, -0.1) is 0 Å². The molecule has 0 fully saturated rings. The minimum absolute atomic E-state index is 0.0422. The van der Waals surface area contributed by atoms with Gasteiger partial charge in [-0.1, -0.05) is 30.3 Å². The second-order valence-electron chi connectivity index (χ2n) is 4.36. The standard InChI is InChI=1S/C15H16FNO2/c16-14-7-13(5-6-15(14)19)9-17-8-11-1-3-12(10-18)4-2-11/h1-7,17-19H,8-10H2. The predicted octanol–water partition coefficient (Wildman–Crippen LogP) is 2.31. The van der Waals surface area contributed by atoms with Gasteiger partial charge in [0, 0.05) is 13.1 Å². The molecule has 19 heavy (non-hydrogen) atoms. The number of aliphatic hydroxyl groups is 1. The van der Waals surface area contributed by atoms with Crippen molar-refractivity contribution in [2.24, 2.45) is 0 Å². The molecule has 0 heterocycles. The maximum absolute atomic E-state index is 13.1. The second-order valence-corrected chi connectivity index (χ2v) is 4.36. The smallest absolute Gasteiger partial charge is 0.165 e. The van der Waals surface area contributed by atoms with Crippen molar-refractivity contribution in [3.63, 3.8) is 0 Å². The molecule has 0 spiro atoms. The third kappa shape index (κ3) is 3.77. The quantitative estimate of drug-likeness (QED) is 0.774. The molecule has 2 rings (SSSR count). The molecule has 0 saturated heterocycles. The van der Waals surface area contributed by atoms with Gasteiger partial charge >= 0.3 is 0 Å². The van der Waals surface area contributed by atoms with Gasteiger partial charge in [-0.2, -0.15) is 0 Å². The van der Waals surface area contributed by atoms with E-state index in [9.17, 15) is 4.39 Å². The first kappa shape index (κ1) is 13.5. The van der Waals surface area contributed by atoms with Crippen LogP contribution in [0.1, 0.15) is 16.7 Å². The van der Waals surface area contributed by atoms with Crippen LogP contribution in [0, 0.1) is 5.82 Å². The predicted molar refractivity (Wildman–Crippen MR) is 71.0 cm³/mol. The Labute approximate surface area is 111 Å². The van der Waals surface area contributed by atoms with Crippen LogP contribution in [0.15, 0.2) is 42.5 Å². The lowest BCUT2D eigenvalue weighted by molar-refractivity contribution is 0.282. The molecule has 0 saturated carbocycles. The SMILES string of the molecule is OCc1ccc(CNCc2ccc(O)c(F)c2)cc1. The summed E-state index contributed by atoms with van der Waals surface area (Å²) in [7, 11) is 0. The number of halogens is 1. The molecule has 0 bridgehead atoms. The summed E-state index contributed by atoms with van der Waals surface area (Å²) in [6, 6.07) is 12.0. The number of nitrogens with one attached hydrogen (secondary N) is 1. The van der Waals surface area contributed by atoms with Gasteiger partial charge in [0.25, 0.3) is 0 Å². The number of hydrogen-bond donors (Lipinski definition) is 3. The molecule has 2 aromatic carbocycles. The minimum atomic E-state index is -0.605. The molecule has 4 heteroatoms. The molecule has 0 unspecified atom stereocenters. The Morgan fingerprint density at radius 3 is 2.11 bits per heavy atom. The van der Waals surface area contributed by atoms with E-state index in [1.807, 2.05) is 24.3 Å². The van der Waals surface area contributed by atoms with Gasteiger partial charge in [0.2, 0.25) is 0 Å². The minimum Gasteiger partial charge on any atom is -0.505 e. The van der Waals surface area contributed by atoms with Crippen molar-refractivity contribution in [2.45, 2.75) is 19.7 Å². The summed E-state index contributed by atoms with van der Waals surface area (Å²) in [5.41, 5.74) is 2.75. The summed E-state index contributed by atoms with van der Waals surface area (Å²) in [4.78, 5) is 0. The average Bonchev–Trinajstić information content (AvgIpc) is 2.43. The lowest BCUT2D eigenvalue weighted by atomic mass is 10.1. The Kier molecular flexibility index (Phi) is 4.49. The lowest BCUT2D eigenvalue weighted by Gasteiger charge is -2.06. The number of phenolic OH excluding ortho intramolecular Hbond substituents is 1. The molecular formula is C15H16FNO2. The second kappa shape index (κ2) is 6.31. The van der Waals surface area contributed by atoms with E-state index in [2.05, 4.69) is 5.32 Å². The van der Waals surface area contributed by atoms with Crippen molar-refractivity contribution in [3.8, 4) is 5.75 Å². The number of aromatic hydroxyl groups is 1. The van der Waals surface area contributed by atoms with E-state index in [-0.39, 0.29) is 12.4 Å². The summed E-state index contributed by atoms with van der Waals surface area (Å²) in [6.45, 7) is 1.23. The highest BCUT2D eigenvalue weighted by Crippen LogP contribution is 2.16. The highest BCUT2D eigenvalue weighted by atomic mass is 19.1. The summed E-state index contributed by atoms with van der Waals surface area (Å²) >= 11 is 0. The molecule has 0 radical (unpaired) electrons. The van der Waals surface area contributed by atoms with Gasteiger partial charge in [-0.25, -0.2) is 4.39 Å². The number of phenols is 1. The molecular weight excluding hydrogens is 245 g/mol. The molecule has 3 nitrogen and oxygen atoms in total. The Hall–Kier alpha value is -1.91. The summed E-state index contributed by atoms with van der Waals surface area (Å²) in [6.07, 6.45) is 0. The Bertz CT molecular complexity index is 540. The third-order valence-corrected chi connectivity index (χ3v) is 2.88. The van der Waals surface area contributed by atoms with Crippen LogP contribution in [-0.2, 0) is 19.7 Å². The fraction of sp³-hybridized carbons (Fsp3) is 0.200. The van der Waals surface area contributed by atoms with E-state index in [0.29, 0.717) is 13.1 Å². The lowest BCUT2D eigenvalue weighted by Crippen LogP contribution is -2.12. The zero-order chi connectivity index (χ0) is 13.7. The Morgan fingerprint density at radius 2 is 1.47 bits per heavy atom. The van der Waals surface area contributed by atoms with Crippen molar-refractivity contribution in [1.82, 2.24) is 5.32 Å². The fourth-order valence-electron chi connectivity index (χ4n) is 1.77. The number of hydrogen-bond acceptors (Lipinski definition) is 3. The van der Waals surface area contributed by atoms with E-state index < -0.39 is 5.82 Å². The number of aliphatic hydroxyl groups excluding tert-OH is 1. The highest BCUT2D eigenvalue weighted by molar-refractivity contribution is 5.28. The summed E-state index contributed by atoms with van der Waals surface area (Å²) in [5.74, 6) is -0.935. The number of rotatable bonds is 5. The number of benzene rings is 2. The average molecular weight is 261 g/mol. The van der Waals surface area contributed by atoms with Crippen molar-refractivity contribution in [1.29, 1.82) is 0 Å². The van der Waals surface area contributed by atoms with Crippen LogP contribution in [0.4, 0.5) is 4.39 Å². The van der Waals surface area contributed by atoms with E-state index in [0.717, 1.165) is 16.7 Å². The summed E-state index contributed by atoms with van der Waals surface area (Å²) in [5, 5.41) is 21.2. The van der Waals surface area contributed by atoms with Crippen molar-refractivity contribution in [2.75, 3.05) is 0 Å². The molecule has 0 aliphatic carbocycles. The Balaban J connectivity index is 1.86. The van der Waals surface area contributed by atoms with Crippen molar-refractivity contribution >= 4 is 0 Å². The Morgan fingerprint density at radius 1 is 0.895 bits per heavy atom. The molecule has 0 atom stereocenters. The molecule has 0 aliphatic rings. The van der Waals surface area contributed by atoms with E-state index in [1.165, 1.54) is 12.1 Å². The van der Waals surface area contributed by atoms with Crippen molar-refractivity contribution < 1.29 is 14.6 Å². The first-order chi connectivity index (χ1) is 9.19. The van der Waals surface area contributed by atoms with Crippen molar-refractivity contribution in [3.05, 3.63) is 65.0 Å². The zero-order valence-electron chi connectivity index (χ0n) is 10.4.